The van der Waals surface area contributed by atoms with Crippen LogP contribution in [-0.4, -0.2) is 39.0 Å². The van der Waals surface area contributed by atoms with E-state index in [9.17, 15) is 4.79 Å². The van der Waals surface area contributed by atoms with Gasteiger partial charge in [-0.2, -0.15) is 0 Å². The van der Waals surface area contributed by atoms with Gasteiger partial charge in [0, 0.05) is 42.4 Å². The number of hydrogen-bond acceptors (Lipinski definition) is 6. The van der Waals surface area contributed by atoms with Crippen molar-refractivity contribution in [3.63, 3.8) is 0 Å². The molecule has 2 aliphatic carbocycles. The first-order chi connectivity index (χ1) is 21.9. The number of hydrogen-bond donors (Lipinski definition) is 1. The number of nitrogens with zero attached hydrogens (tertiary/aromatic N) is 2. The fourth-order valence-electron chi connectivity index (χ4n) is 6.98. The molecule has 3 aromatic rings. The van der Waals surface area contributed by atoms with Crippen LogP contribution in [0.2, 0.25) is 18.1 Å². The summed E-state index contributed by atoms with van der Waals surface area (Å²) < 4.78 is 12.3. The van der Waals surface area contributed by atoms with Crippen LogP contribution in [0.25, 0.3) is 0 Å². The molecule has 2 aromatic carbocycles. The summed E-state index contributed by atoms with van der Waals surface area (Å²) in [4.78, 5) is 20.9. The van der Waals surface area contributed by atoms with E-state index in [-0.39, 0.29) is 17.1 Å². The minimum atomic E-state index is -1.83. The molecule has 0 aliphatic heterocycles. The second-order valence-electron chi connectivity index (χ2n) is 15.1. The van der Waals surface area contributed by atoms with E-state index in [1.165, 1.54) is 11.1 Å². The highest BCUT2D eigenvalue weighted by Crippen LogP contribution is 2.41. The van der Waals surface area contributed by atoms with E-state index in [1.807, 2.05) is 11.6 Å². The van der Waals surface area contributed by atoms with Crippen molar-refractivity contribution in [2.75, 3.05) is 23.9 Å². The average molecular weight is 662 g/mol. The third-order valence-corrected chi connectivity index (χ3v) is 16.1. The molecular weight excluding hydrogens is 607 g/mol. The Bertz CT molecular complexity index is 1420. The van der Waals surface area contributed by atoms with Crippen molar-refractivity contribution in [3.8, 4) is 5.75 Å². The van der Waals surface area contributed by atoms with Crippen LogP contribution >= 0.6 is 11.3 Å². The van der Waals surface area contributed by atoms with E-state index >= 15 is 0 Å². The molecule has 0 bridgehead atoms. The summed E-state index contributed by atoms with van der Waals surface area (Å²) in [7, 11) is -0.0911. The summed E-state index contributed by atoms with van der Waals surface area (Å²) in [5.41, 5.74) is 4.81. The molecular formula is C38H55N3O3SSi. The second-order valence-corrected chi connectivity index (χ2v) is 20.8. The minimum Gasteiger partial charge on any atom is -0.496 e. The number of benzene rings is 2. The van der Waals surface area contributed by atoms with Crippen LogP contribution in [0.3, 0.4) is 0 Å². The fourth-order valence-corrected chi connectivity index (χ4v) is 8.93. The van der Waals surface area contributed by atoms with Crippen molar-refractivity contribution < 1.29 is 14.0 Å². The average Bonchev–Trinajstić information content (AvgIpc) is 3.56. The maximum Gasteiger partial charge on any atom is 0.230 e. The number of carbonyl (C=O) groups excluding carboxylic acids is 1. The first-order valence-corrected chi connectivity index (χ1v) is 21.1. The number of aryl methyl sites for hydroxylation is 1. The van der Waals surface area contributed by atoms with Gasteiger partial charge in [0.15, 0.2) is 13.4 Å². The lowest BCUT2D eigenvalue weighted by atomic mass is 9.78. The predicted octanol–water partition coefficient (Wildman–Crippen LogP) is 9.96. The quantitative estimate of drug-likeness (QED) is 0.207. The molecule has 2 aliphatic rings. The van der Waals surface area contributed by atoms with Gasteiger partial charge in [-0.05, 0) is 123 Å². The monoisotopic (exact) mass is 661 g/mol. The molecule has 1 heterocycles. The Hall–Kier alpha value is -2.68. The number of ether oxygens (including phenoxy) is 1. The Morgan fingerprint density at radius 2 is 1.76 bits per heavy atom. The lowest BCUT2D eigenvalue weighted by molar-refractivity contribution is -0.124. The van der Waals surface area contributed by atoms with Gasteiger partial charge in [-0.15, -0.1) is 11.3 Å². The number of amides is 1. The van der Waals surface area contributed by atoms with Crippen LogP contribution in [0.4, 0.5) is 10.8 Å². The van der Waals surface area contributed by atoms with Crippen molar-refractivity contribution in [2.45, 2.75) is 116 Å². The summed E-state index contributed by atoms with van der Waals surface area (Å²) in [5.74, 6) is 2.37. The van der Waals surface area contributed by atoms with Gasteiger partial charge in [-0.1, -0.05) is 45.0 Å². The van der Waals surface area contributed by atoms with Crippen LogP contribution in [0.15, 0.2) is 54.0 Å². The van der Waals surface area contributed by atoms with Crippen LogP contribution in [0.1, 0.15) is 94.7 Å². The van der Waals surface area contributed by atoms with Gasteiger partial charge in [-0.3, -0.25) is 4.79 Å². The normalized spacial score (nSPS) is 22.3. The van der Waals surface area contributed by atoms with Gasteiger partial charge in [-0.25, -0.2) is 4.98 Å². The molecule has 0 atom stereocenters. The first-order valence-electron chi connectivity index (χ1n) is 17.3. The van der Waals surface area contributed by atoms with Gasteiger partial charge in [0.05, 0.1) is 7.11 Å². The van der Waals surface area contributed by atoms with E-state index in [2.05, 4.69) is 98.5 Å². The molecule has 2 saturated carbocycles. The predicted molar refractivity (Wildman–Crippen MR) is 195 cm³/mol. The third-order valence-electron chi connectivity index (χ3n) is 10.8. The summed E-state index contributed by atoms with van der Waals surface area (Å²) in [6, 6.07) is 15.2. The summed E-state index contributed by atoms with van der Waals surface area (Å²) in [6.07, 6.45) is 10.4. The zero-order valence-corrected chi connectivity index (χ0v) is 30.9. The van der Waals surface area contributed by atoms with E-state index in [4.69, 9.17) is 9.16 Å². The van der Waals surface area contributed by atoms with Gasteiger partial charge in [0.1, 0.15) is 5.75 Å². The van der Waals surface area contributed by atoms with Gasteiger partial charge in [0.25, 0.3) is 0 Å². The number of methoxy groups -OCH3 is 1. The smallest absolute Gasteiger partial charge is 0.230 e. The largest absolute Gasteiger partial charge is 0.496 e. The minimum absolute atomic E-state index is 0.0509. The number of nitrogens with one attached hydrogen (secondary N) is 1. The molecule has 0 spiro atoms. The Morgan fingerprint density at radius 1 is 1.02 bits per heavy atom. The fraction of sp³-hybridized carbons (Fsp3) is 0.579. The van der Waals surface area contributed by atoms with E-state index in [0.29, 0.717) is 24.3 Å². The lowest BCUT2D eigenvalue weighted by Crippen LogP contribution is -2.46. The van der Waals surface area contributed by atoms with Gasteiger partial charge in [0.2, 0.25) is 5.91 Å². The van der Waals surface area contributed by atoms with Crippen molar-refractivity contribution in [1.82, 2.24) is 4.98 Å². The number of thiazole rings is 1. The van der Waals surface area contributed by atoms with Crippen molar-refractivity contribution in [3.05, 3.63) is 70.7 Å². The molecule has 1 N–H and O–H groups in total. The van der Waals surface area contributed by atoms with Crippen molar-refractivity contribution in [1.29, 1.82) is 0 Å². The van der Waals surface area contributed by atoms with Crippen molar-refractivity contribution in [2.24, 2.45) is 11.8 Å². The maximum absolute atomic E-state index is 14.4. The maximum atomic E-state index is 14.4. The molecule has 46 heavy (non-hydrogen) atoms. The van der Waals surface area contributed by atoms with E-state index in [0.717, 1.165) is 80.0 Å². The van der Waals surface area contributed by atoms with Crippen LogP contribution < -0.4 is 15.0 Å². The molecule has 6 nitrogen and oxygen atoms in total. The van der Waals surface area contributed by atoms with Crippen LogP contribution in [0, 0.1) is 18.8 Å². The SMILES string of the molecule is COc1ccc([C@H]2CC[C@H](CN(c3cccc(CNc4nccs4)c3)C(=O)[C@H]3CC[C@H](O[Si](C)(C)C(C)(C)C)CC3)CC2)cc1C. The summed E-state index contributed by atoms with van der Waals surface area (Å²) >= 11 is 1.60. The zero-order chi connectivity index (χ0) is 32.9. The Balaban J connectivity index is 1.27. The Kier molecular flexibility index (Phi) is 11.3. The molecule has 8 heteroatoms. The topological polar surface area (TPSA) is 63.7 Å². The second kappa shape index (κ2) is 15.0. The number of rotatable bonds is 11. The highest BCUT2D eigenvalue weighted by molar-refractivity contribution is 7.13. The van der Waals surface area contributed by atoms with Crippen molar-refractivity contribution >= 4 is 36.4 Å². The Morgan fingerprint density at radius 3 is 2.39 bits per heavy atom. The van der Waals surface area contributed by atoms with E-state index in [1.54, 1.807) is 18.4 Å². The summed E-state index contributed by atoms with van der Waals surface area (Å²) in [6.45, 7) is 15.2. The molecule has 1 aromatic heterocycles. The van der Waals surface area contributed by atoms with Gasteiger partial charge >= 0.3 is 0 Å². The summed E-state index contributed by atoms with van der Waals surface area (Å²) in [5, 5.41) is 6.52. The number of aromatic nitrogens is 1. The van der Waals surface area contributed by atoms with Gasteiger partial charge < -0.3 is 19.4 Å². The zero-order valence-electron chi connectivity index (χ0n) is 29.1. The molecule has 0 saturated heterocycles. The highest BCUT2D eigenvalue weighted by Gasteiger charge is 2.41. The molecule has 250 valence electrons. The lowest BCUT2D eigenvalue weighted by Gasteiger charge is -2.41. The molecule has 0 unspecified atom stereocenters. The van der Waals surface area contributed by atoms with E-state index < -0.39 is 8.32 Å². The molecule has 0 radical (unpaired) electrons. The standard InChI is InChI=1S/C38H55N3O3SSi/c1-27-23-32(17-20-35(27)43-5)30-13-11-28(12-14-30)26-41(33-10-8-9-29(24-33)25-40-37-39-21-22-45-37)36(42)31-15-18-34(19-16-31)44-46(6,7)38(2,3)4/h8-10,17,20-24,28,30-31,34H,11-16,18-19,25-26H2,1-7H3,(H,39,40)/t28-,30-,31-,34-. The molecule has 1 amide bonds. The van der Waals surface area contributed by atoms with Crippen LogP contribution in [-0.2, 0) is 15.8 Å². The molecule has 5 rings (SSSR count). The highest BCUT2D eigenvalue weighted by atomic mass is 32.1. The first kappa shape index (κ1) is 34.6. The van der Waals surface area contributed by atoms with Crippen LogP contribution in [0.5, 0.6) is 5.75 Å². The third kappa shape index (κ3) is 8.61. The number of anilines is 2. The number of carbonyl (C=O) groups is 1. The molecule has 2 fully saturated rings. The Labute approximate surface area is 282 Å².